The van der Waals surface area contributed by atoms with Crippen LogP contribution in [0.1, 0.15) is 32.0 Å². The lowest BCUT2D eigenvalue weighted by atomic mass is 9.89. The summed E-state index contributed by atoms with van der Waals surface area (Å²) in [5.41, 5.74) is 2.05. The Kier molecular flexibility index (Phi) is 1.83. The summed E-state index contributed by atoms with van der Waals surface area (Å²) in [6, 6.07) is 0. The van der Waals surface area contributed by atoms with Crippen LogP contribution in [0.15, 0.2) is 11.1 Å². The second kappa shape index (κ2) is 2.63. The lowest BCUT2D eigenvalue weighted by molar-refractivity contribution is 0.566. The fourth-order valence-corrected chi connectivity index (χ4v) is 3.49. The normalized spacial score (nSPS) is 19.6. The smallest absolute Gasteiger partial charge is 0.180 e. The van der Waals surface area contributed by atoms with Crippen molar-refractivity contribution in [2.24, 2.45) is 0 Å². The molecule has 2 heterocycles. The first-order valence-electron chi connectivity index (χ1n) is 4.76. The third-order valence-corrected chi connectivity index (χ3v) is 4.43. The molecule has 0 amide bonds. The minimum Gasteiger partial charge on any atom is -0.363 e. The molecule has 1 aromatic rings. The third-order valence-electron chi connectivity index (χ3n) is 2.65. The highest BCUT2D eigenvalue weighted by molar-refractivity contribution is 7.91. The van der Waals surface area contributed by atoms with Gasteiger partial charge in [0.2, 0.25) is 0 Å². The molecule has 0 aliphatic carbocycles. The monoisotopic (exact) mass is 213 g/mol. The van der Waals surface area contributed by atoms with Gasteiger partial charge in [-0.25, -0.2) is 8.42 Å². The fourth-order valence-electron chi connectivity index (χ4n) is 1.98. The molecular formula is C10H15NO2S. The van der Waals surface area contributed by atoms with Gasteiger partial charge < -0.3 is 4.98 Å². The summed E-state index contributed by atoms with van der Waals surface area (Å²) >= 11 is 0. The van der Waals surface area contributed by atoms with Crippen molar-refractivity contribution in [3.05, 3.63) is 17.5 Å². The van der Waals surface area contributed by atoms with Crippen LogP contribution < -0.4 is 0 Å². The highest BCUT2D eigenvalue weighted by atomic mass is 32.2. The van der Waals surface area contributed by atoms with Gasteiger partial charge in [0, 0.05) is 17.3 Å². The molecule has 3 nitrogen and oxygen atoms in total. The van der Waals surface area contributed by atoms with Crippen molar-refractivity contribution in [1.82, 2.24) is 4.98 Å². The first-order chi connectivity index (χ1) is 6.32. The molecule has 0 radical (unpaired) electrons. The number of fused-ring (bicyclic) bond motifs is 1. The highest BCUT2D eigenvalue weighted by Crippen LogP contribution is 2.34. The zero-order valence-corrected chi connectivity index (χ0v) is 9.53. The van der Waals surface area contributed by atoms with Crippen molar-refractivity contribution in [1.29, 1.82) is 0 Å². The maximum absolute atomic E-state index is 11.6. The van der Waals surface area contributed by atoms with Gasteiger partial charge in [0.15, 0.2) is 9.84 Å². The minimum absolute atomic E-state index is 0.00650. The number of hydrogen-bond acceptors (Lipinski definition) is 2. The van der Waals surface area contributed by atoms with E-state index >= 15 is 0 Å². The first kappa shape index (κ1) is 9.77. The van der Waals surface area contributed by atoms with Crippen LogP contribution in [0, 0.1) is 0 Å². The van der Waals surface area contributed by atoms with Crippen LogP contribution in [0.25, 0.3) is 0 Å². The topological polar surface area (TPSA) is 49.9 Å². The number of H-pyrrole nitrogens is 1. The van der Waals surface area contributed by atoms with Gasteiger partial charge in [0.1, 0.15) is 0 Å². The Morgan fingerprint density at radius 1 is 1.36 bits per heavy atom. The molecule has 14 heavy (non-hydrogen) atoms. The van der Waals surface area contributed by atoms with Gasteiger partial charge in [-0.15, -0.1) is 0 Å². The molecule has 0 spiro atoms. The Bertz CT molecular complexity index is 463. The molecule has 0 unspecified atom stereocenters. The van der Waals surface area contributed by atoms with E-state index < -0.39 is 9.84 Å². The van der Waals surface area contributed by atoms with Gasteiger partial charge in [-0.05, 0) is 12.0 Å². The number of rotatable bonds is 0. The molecule has 0 saturated heterocycles. The number of sulfone groups is 1. The van der Waals surface area contributed by atoms with Crippen LogP contribution in [0.5, 0.6) is 0 Å². The number of hydrogen-bond donors (Lipinski definition) is 1. The second-order valence-corrected chi connectivity index (χ2v) is 6.90. The van der Waals surface area contributed by atoms with Crippen LogP contribution in [0.4, 0.5) is 0 Å². The van der Waals surface area contributed by atoms with Crippen molar-refractivity contribution in [2.75, 3.05) is 5.75 Å². The van der Waals surface area contributed by atoms with Crippen molar-refractivity contribution < 1.29 is 8.42 Å². The van der Waals surface area contributed by atoms with Crippen LogP contribution in [-0.4, -0.2) is 19.2 Å². The standard InChI is InChI=1S/C10H15NO2S/c1-10(2,3)9-7-4-5-14(12,13)8(7)6-11-9/h6,11H,4-5H2,1-3H3. The van der Waals surface area contributed by atoms with E-state index in [0.29, 0.717) is 11.3 Å². The summed E-state index contributed by atoms with van der Waals surface area (Å²) in [4.78, 5) is 3.61. The Balaban J connectivity index is 2.63. The Morgan fingerprint density at radius 3 is 2.57 bits per heavy atom. The fraction of sp³-hybridized carbons (Fsp3) is 0.600. The summed E-state index contributed by atoms with van der Waals surface area (Å²) in [6.07, 6.45) is 2.30. The molecule has 0 aromatic carbocycles. The molecule has 1 aromatic heterocycles. The predicted molar refractivity (Wildman–Crippen MR) is 55.2 cm³/mol. The molecule has 1 N–H and O–H groups in total. The molecule has 0 fully saturated rings. The molecule has 0 atom stereocenters. The maximum Gasteiger partial charge on any atom is 0.180 e. The highest BCUT2D eigenvalue weighted by Gasteiger charge is 2.33. The largest absolute Gasteiger partial charge is 0.363 e. The van der Waals surface area contributed by atoms with Crippen molar-refractivity contribution in [3.8, 4) is 0 Å². The van der Waals surface area contributed by atoms with Crippen molar-refractivity contribution in [2.45, 2.75) is 37.5 Å². The molecule has 78 valence electrons. The maximum atomic E-state index is 11.6. The van der Waals surface area contributed by atoms with Gasteiger partial charge in [-0.3, -0.25) is 0 Å². The SMILES string of the molecule is CC(C)(C)c1[nH]cc2c1CCS2(=O)=O. The number of aromatic amines is 1. The van der Waals surface area contributed by atoms with Gasteiger partial charge in [0.25, 0.3) is 0 Å². The summed E-state index contributed by atoms with van der Waals surface area (Å²) < 4.78 is 23.1. The molecule has 0 saturated carbocycles. The van der Waals surface area contributed by atoms with Gasteiger partial charge >= 0.3 is 0 Å². The number of aromatic nitrogens is 1. The molecule has 4 heteroatoms. The molecule has 1 aliphatic rings. The molecule has 0 bridgehead atoms. The van der Waals surface area contributed by atoms with E-state index in [4.69, 9.17) is 0 Å². The Labute approximate surface area is 84.4 Å². The summed E-state index contributed by atoms with van der Waals surface area (Å²) in [5.74, 6) is 0.273. The summed E-state index contributed by atoms with van der Waals surface area (Å²) in [6.45, 7) is 6.26. The molecular weight excluding hydrogens is 198 g/mol. The van der Waals surface area contributed by atoms with E-state index in [-0.39, 0.29) is 11.2 Å². The van der Waals surface area contributed by atoms with Crippen molar-refractivity contribution >= 4 is 9.84 Å². The van der Waals surface area contributed by atoms with E-state index in [1.165, 1.54) is 0 Å². The van der Waals surface area contributed by atoms with Crippen LogP contribution in [0.3, 0.4) is 0 Å². The van der Waals surface area contributed by atoms with E-state index in [1.54, 1.807) is 6.20 Å². The second-order valence-electron chi connectivity index (χ2n) is 4.83. The number of nitrogens with one attached hydrogen (secondary N) is 1. The van der Waals surface area contributed by atoms with Gasteiger partial charge in [-0.1, -0.05) is 20.8 Å². The van der Waals surface area contributed by atoms with Gasteiger partial charge in [-0.2, -0.15) is 0 Å². The average molecular weight is 213 g/mol. The summed E-state index contributed by atoms with van der Waals surface area (Å²) in [7, 11) is -2.98. The average Bonchev–Trinajstić information content (AvgIpc) is 2.51. The lowest BCUT2D eigenvalue weighted by Crippen LogP contribution is -2.13. The minimum atomic E-state index is -2.98. The van der Waals surface area contributed by atoms with Crippen LogP contribution in [0.2, 0.25) is 0 Å². The Morgan fingerprint density at radius 2 is 2.00 bits per heavy atom. The zero-order valence-electron chi connectivity index (χ0n) is 8.72. The first-order valence-corrected chi connectivity index (χ1v) is 6.41. The lowest BCUT2D eigenvalue weighted by Gasteiger charge is -2.18. The van der Waals surface area contributed by atoms with E-state index in [2.05, 4.69) is 25.8 Å². The zero-order chi connectivity index (χ0) is 10.6. The van der Waals surface area contributed by atoms with E-state index in [1.807, 2.05) is 0 Å². The summed E-state index contributed by atoms with van der Waals surface area (Å²) in [5, 5.41) is 0. The van der Waals surface area contributed by atoms with Crippen molar-refractivity contribution in [3.63, 3.8) is 0 Å². The molecule has 1 aliphatic heterocycles. The van der Waals surface area contributed by atoms with Crippen LogP contribution >= 0.6 is 0 Å². The molecule has 2 rings (SSSR count). The van der Waals surface area contributed by atoms with Crippen LogP contribution in [-0.2, 0) is 21.7 Å². The third kappa shape index (κ3) is 1.29. The van der Waals surface area contributed by atoms with E-state index in [0.717, 1.165) is 11.3 Å². The van der Waals surface area contributed by atoms with E-state index in [9.17, 15) is 8.42 Å². The quantitative estimate of drug-likeness (QED) is 0.712. The van der Waals surface area contributed by atoms with Gasteiger partial charge in [0.05, 0.1) is 10.6 Å². The predicted octanol–water partition coefficient (Wildman–Crippen LogP) is 1.64. The Hall–Kier alpha value is -0.770.